The Hall–Kier alpha value is -8.67. The molecule has 5 heteroatoms. The van der Waals surface area contributed by atoms with E-state index < -0.39 is 0 Å². The third-order valence-electron chi connectivity index (χ3n) is 15.2. The van der Waals surface area contributed by atoms with Gasteiger partial charge in [0.15, 0.2) is 11.4 Å². The summed E-state index contributed by atoms with van der Waals surface area (Å²) in [5.74, 6) is 2.04. The van der Waals surface area contributed by atoms with Gasteiger partial charge in [-0.25, -0.2) is 15.0 Å². The molecule has 332 valence electrons. The van der Waals surface area contributed by atoms with Crippen molar-refractivity contribution in [2.24, 2.45) is 0 Å². The van der Waals surface area contributed by atoms with E-state index in [0.29, 0.717) is 11.7 Å². The molecule has 2 aliphatic carbocycles. The molecule has 0 saturated heterocycles. The molecule has 5 nitrogen and oxygen atoms in total. The molecule has 0 amide bonds. The normalized spacial score (nSPS) is 13.9. The molecule has 0 bridgehead atoms. The van der Waals surface area contributed by atoms with Crippen LogP contribution in [0.15, 0.2) is 209 Å². The van der Waals surface area contributed by atoms with Crippen molar-refractivity contribution in [1.29, 1.82) is 0 Å². The molecule has 14 rings (SSSR count). The zero-order valence-corrected chi connectivity index (χ0v) is 39.2. The van der Waals surface area contributed by atoms with E-state index in [2.05, 4.69) is 173 Å². The van der Waals surface area contributed by atoms with E-state index in [0.717, 1.165) is 88.9 Å². The van der Waals surface area contributed by atoms with Gasteiger partial charge in [0, 0.05) is 49.4 Å². The number of benzene rings is 9. The van der Waals surface area contributed by atoms with Crippen LogP contribution in [0.4, 0.5) is 0 Å². The molecule has 3 aromatic heterocycles. The van der Waals surface area contributed by atoms with Crippen molar-refractivity contribution in [2.45, 2.75) is 38.5 Å². The van der Waals surface area contributed by atoms with Gasteiger partial charge in [0.2, 0.25) is 5.89 Å². The molecule has 0 aliphatic heterocycles. The van der Waals surface area contributed by atoms with Gasteiger partial charge in [-0.3, -0.25) is 0 Å². The maximum Gasteiger partial charge on any atom is 0.227 e. The fourth-order valence-electron chi connectivity index (χ4n) is 11.4. The highest BCUT2D eigenvalue weighted by atomic mass is 16.3. The van der Waals surface area contributed by atoms with E-state index in [-0.39, 0.29) is 10.8 Å². The fourth-order valence-corrected chi connectivity index (χ4v) is 11.4. The highest BCUT2D eigenvalue weighted by molar-refractivity contribution is 6.05. The zero-order chi connectivity index (χ0) is 46.9. The summed E-state index contributed by atoms with van der Waals surface area (Å²) < 4.78 is 12.5. The van der Waals surface area contributed by atoms with Crippen LogP contribution in [0.25, 0.3) is 123 Å². The molecule has 2 aliphatic rings. The number of fused-ring (bicyclic) bond motifs is 9. The van der Waals surface area contributed by atoms with Gasteiger partial charge in [0.25, 0.3) is 0 Å². The lowest BCUT2D eigenvalue weighted by Gasteiger charge is -2.23. The number of hydrogen-bond acceptors (Lipinski definition) is 5. The van der Waals surface area contributed by atoms with Gasteiger partial charge in [-0.2, -0.15) is 0 Å². The predicted octanol–water partition coefficient (Wildman–Crippen LogP) is 17.1. The van der Waals surface area contributed by atoms with Crippen LogP contribution in [0.1, 0.15) is 49.9 Å². The Bertz CT molecular complexity index is 4050. The molecule has 0 fully saturated rings. The number of aromatic nitrogens is 3. The second kappa shape index (κ2) is 14.9. The minimum atomic E-state index is -0.181. The average molecular weight is 900 g/mol. The summed E-state index contributed by atoms with van der Waals surface area (Å²) in [5, 5.41) is 2.05. The topological polar surface area (TPSA) is 65.0 Å². The van der Waals surface area contributed by atoms with Crippen molar-refractivity contribution in [3.8, 4) is 89.9 Å². The standard InChI is InChI=1S/C65H45N3O2/c1-64(2)52-16-8-6-14-46(52)48-31-29-42(35-54(48)64)45-33-50(43-30-32-49-47-15-7-9-17-53(47)65(3,4)55(49)36-43)61-51(34-45)60(39-23-21-38(22-24-39)59-37-44-13-5-11-19-57(44)69-59)67-62(68-61)40-25-27-41(28-26-40)63-66-56-18-10-12-20-58(56)70-63/h5-37H,1-4H3. The molecule has 12 aromatic rings. The fraction of sp³-hybridized carbons (Fsp3) is 0.0923. The van der Waals surface area contributed by atoms with E-state index in [1.54, 1.807) is 0 Å². The summed E-state index contributed by atoms with van der Waals surface area (Å²) in [6, 6.07) is 71.4. The Balaban J connectivity index is 0.994. The van der Waals surface area contributed by atoms with Crippen molar-refractivity contribution >= 4 is 33.0 Å². The first-order chi connectivity index (χ1) is 34.2. The van der Waals surface area contributed by atoms with Gasteiger partial charge in [0.1, 0.15) is 16.9 Å². The summed E-state index contributed by atoms with van der Waals surface area (Å²) in [5.41, 5.74) is 22.6. The van der Waals surface area contributed by atoms with E-state index in [4.69, 9.17) is 23.8 Å². The van der Waals surface area contributed by atoms with Crippen LogP contribution >= 0.6 is 0 Å². The van der Waals surface area contributed by atoms with Gasteiger partial charge in [-0.1, -0.05) is 167 Å². The molecular weight excluding hydrogens is 855 g/mol. The van der Waals surface area contributed by atoms with Crippen molar-refractivity contribution < 1.29 is 8.83 Å². The maximum absolute atomic E-state index is 6.33. The Morgan fingerprint density at radius 3 is 1.61 bits per heavy atom. The van der Waals surface area contributed by atoms with Gasteiger partial charge >= 0.3 is 0 Å². The second-order valence-electron chi connectivity index (χ2n) is 20.0. The molecule has 0 radical (unpaired) electrons. The monoisotopic (exact) mass is 899 g/mol. The Kier molecular flexibility index (Phi) is 8.61. The van der Waals surface area contributed by atoms with Crippen LogP contribution < -0.4 is 0 Å². The van der Waals surface area contributed by atoms with Crippen LogP contribution in [-0.2, 0) is 10.8 Å². The van der Waals surface area contributed by atoms with Gasteiger partial charge in [-0.15, -0.1) is 0 Å². The van der Waals surface area contributed by atoms with Crippen molar-refractivity contribution in [3.63, 3.8) is 0 Å². The summed E-state index contributed by atoms with van der Waals surface area (Å²) in [4.78, 5) is 15.9. The average Bonchev–Trinajstić information content (AvgIpc) is 4.15. The lowest BCUT2D eigenvalue weighted by atomic mass is 9.81. The smallest absolute Gasteiger partial charge is 0.227 e. The molecule has 9 aromatic carbocycles. The lowest BCUT2D eigenvalue weighted by Crippen LogP contribution is -2.15. The highest BCUT2D eigenvalue weighted by Crippen LogP contribution is 2.52. The summed E-state index contributed by atoms with van der Waals surface area (Å²) in [6.07, 6.45) is 0. The molecule has 0 unspecified atom stereocenters. The van der Waals surface area contributed by atoms with Crippen LogP contribution in [0, 0.1) is 0 Å². The van der Waals surface area contributed by atoms with Crippen molar-refractivity contribution in [2.75, 3.05) is 0 Å². The van der Waals surface area contributed by atoms with Crippen LogP contribution in [0.5, 0.6) is 0 Å². The number of hydrogen-bond donors (Lipinski definition) is 0. The number of rotatable bonds is 6. The molecule has 0 atom stereocenters. The van der Waals surface area contributed by atoms with E-state index in [9.17, 15) is 0 Å². The van der Waals surface area contributed by atoms with Crippen molar-refractivity contribution in [1.82, 2.24) is 15.0 Å². The largest absolute Gasteiger partial charge is 0.456 e. The Morgan fingerprint density at radius 1 is 0.357 bits per heavy atom. The summed E-state index contributed by atoms with van der Waals surface area (Å²) in [6.45, 7) is 9.38. The molecule has 0 spiro atoms. The number of oxazole rings is 1. The Morgan fingerprint density at radius 2 is 0.914 bits per heavy atom. The van der Waals surface area contributed by atoms with Crippen LogP contribution in [-0.4, -0.2) is 15.0 Å². The summed E-state index contributed by atoms with van der Waals surface area (Å²) in [7, 11) is 0. The first-order valence-electron chi connectivity index (χ1n) is 24.1. The zero-order valence-electron chi connectivity index (χ0n) is 39.2. The number of nitrogens with zero attached hydrogens (tertiary/aromatic N) is 3. The van der Waals surface area contributed by atoms with Gasteiger partial charge in [-0.05, 0) is 122 Å². The second-order valence-corrected chi connectivity index (χ2v) is 20.0. The highest BCUT2D eigenvalue weighted by Gasteiger charge is 2.37. The SMILES string of the molecule is CC1(C)c2ccccc2-c2ccc(-c3cc(-c4ccc5c(c4)C(C)(C)c4ccccc4-5)c4nc(-c5ccc(-c6nc7ccccc7o6)cc5)nc(-c5ccc(-c6cc7ccccc7o6)cc5)c4c3)cc21. The lowest BCUT2D eigenvalue weighted by molar-refractivity contribution is 0.620. The van der Waals surface area contributed by atoms with Gasteiger partial charge in [0.05, 0.1) is 11.2 Å². The van der Waals surface area contributed by atoms with Gasteiger partial charge < -0.3 is 8.83 Å². The number of furan rings is 1. The first kappa shape index (κ1) is 40.4. The van der Waals surface area contributed by atoms with E-state index in [1.807, 2.05) is 54.6 Å². The van der Waals surface area contributed by atoms with E-state index in [1.165, 1.54) is 44.5 Å². The molecule has 0 saturated carbocycles. The molecule has 3 heterocycles. The minimum Gasteiger partial charge on any atom is -0.456 e. The third kappa shape index (κ3) is 6.14. The molecule has 0 N–H and O–H groups in total. The Labute approximate surface area is 405 Å². The molecular formula is C65H45N3O2. The van der Waals surface area contributed by atoms with Crippen LogP contribution in [0.3, 0.4) is 0 Å². The van der Waals surface area contributed by atoms with E-state index >= 15 is 0 Å². The number of para-hydroxylation sites is 3. The first-order valence-corrected chi connectivity index (χ1v) is 24.1. The van der Waals surface area contributed by atoms with Crippen LogP contribution in [0.2, 0.25) is 0 Å². The third-order valence-corrected chi connectivity index (χ3v) is 15.2. The minimum absolute atomic E-state index is 0.150. The quantitative estimate of drug-likeness (QED) is 0.166. The predicted molar refractivity (Wildman–Crippen MR) is 285 cm³/mol. The van der Waals surface area contributed by atoms with Crippen molar-refractivity contribution in [3.05, 3.63) is 222 Å². The molecule has 70 heavy (non-hydrogen) atoms. The maximum atomic E-state index is 6.33. The summed E-state index contributed by atoms with van der Waals surface area (Å²) >= 11 is 0.